The van der Waals surface area contributed by atoms with Crippen LogP contribution in [0.15, 0.2) is 109 Å². The number of anilines is 1. The van der Waals surface area contributed by atoms with E-state index in [4.69, 9.17) is 11.6 Å². The van der Waals surface area contributed by atoms with Crippen molar-refractivity contribution < 1.29 is 14.4 Å². The van der Waals surface area contributed by atoms with Crippen molar-refractivity contribution in [2.24, 2.45) is 5.41 Å². The Kier molecular flexibility index (Phi) is 5.04. The number of para-hydroxylation sites is 1. The minimum absolute atomic E-state index is 0.140. The van der Waals surface area contributed by atoms with Crippen LogP contribution in [-0.4, -0.2) is 29.4 Å². The van der Waals surface area contributed by atoms with Gasteiger partial charge in [-0.1, -0.05) is 109 Å². The first-order valence-corrected chi connectivity index (χ1v) is 13.0. The molecule has 1 saturated heterocycles. The van der Waals surface area contributed by atoms with Gasteiger partial charge in [0.15, 0.2) is 17.3 Å². The SMILES string of the molecule is O=C(c1ccccc1)[C@H]1[C@H](c2cccc(Cl)c2)C2(C(=O)c3ccccc3C2=O)[C@H]2C=Cc3ccccc3N12. The zero-order valence-electron chi connectivity index (χ0n) is 20.3. The smallest absolute Gasteiger partial charge is 0.185 e. The van der Waals surface area contributed by atoms with E-state index in [9.17, 15) is 14.4 Å². The second kappa shape index (κ2) is 8.37. The molecule has 2 heterocycles. The molecule has 0 saturated carbocycles. The molecule has 184 valence electrons. The molecule has 0 N–H and O–H groups in total. The Hall–Kier alpha value is -4.28. The topological polar surface area (TPSA) is 54.5 Å². The van der Waals surface area contributed by atoms with E-state index >= 15 is 0 Å². The summed E-state index contributed by atoms with van der Waals surface area (Å²) >= 11 is 6.48. The van der Waals surface area contributed by atoms with Crippen molar-refractivity contribution in [3.63, 3.8) is 0 Å². The summed E-state index contributed by atoms with van der Waals surface area (Å²) in [5, 5.41) is 0.486. The molecule has 3 atom stereocenters. The highest BCUT2D eigenvalue weighted by atomic mass is 35.5. The van der Waals surface area contributed by atoms with Gasteiger partial charge in [0.25, 0.3) is 0 Å². The van der Waals surface area contributed by atoms with Gasteiger partial charge in [-0.25, -0.2) is 0 Å². The van der Waals surface area contributed by atoms with Crippen molar-refractivity contribution in [3.8, 4) is 0 Å². The highest BCUT2D eigenvalue weighted by Gasteiger charge is 2.71. The van der Waals surface area contributed by atoms with Gasteiger partial charge < -0.3 is 4.90 Å². The first kappa shape index (κ1) is 22.9. The lowest BCUT2D eigenvalue weighted by atomic mass is 9.64. The number of rotatable bonds is 3. The van der Waals surface area contributed by atoms with Crippen molar-refractivity contribution in [2.75, 3.05) is 4.90 Å². The number of benzene rings is 4. The van der Waals surface area contributed by atoms with Crippen molar-refractivity contribution in [2.45, 2.75) is 18.0 Å². The van der Waals surface area contributed by atoms with Crippen LogP contribution in [0, 0.1) is 5.41 Å². The van der Waals surface area contributed by atoms with Gasteiger partial charge in [-0.3, -0.25) is 14.4 Å². The molecule has 3 aliphatic rings. The summed E-state index contributed by atoms with van der Waals surface area (Å²) in [6.45, 7) is 0. The molecular weight excluding hydrogens is 494 g/mol. The van der Waals surface area contributed by atoms with Crippen LogP contribution in [0.25, 0.3) is 6.08 Å². The molecule has 0 aromatic heterocycles. The lowest BCUT2D eigenvalue weighted by Gasteiger charge is -2.37. The van der Waals surface area contributed by atoms with Gasteiger partial charge in [-0.15, -0.1) is 0 Å². The maximum absolute atomic E-state index is 14.5. The van der Waals surface area contributed by atoms with E-state index in [0.717, 1.165) is 11.3 Å². The molecule has 0 amide bonds. The van der Waals surface area contributed by atoms with Crippen LogP contribution in [-0.2, 0) is 0 Å². The summed E-state index contributed by atoms with van der Waals surface area (Å²) in [7, 11) is 0. The third kappa shape index (κ3) is 2.95. The van der Waals surface area contributed by atoms with Crippen LogP contribution in [0.4, 0.5) is 5.69 Å². The summed E-state index contributed by atoms with van der Waals surface area (Å²) in [6.07, 6.45) is 3.89. The maximum Gasteiger partial charge on any atom is 0.185 e. The second-order valence-corrected chi connectivity index (χ2v) is 10.5. The number of ketones is 3. The average Bonchev–Trinajstić information content (AvgIpc) is 3.39. The fraction of sp³-hybridized carbons (Fsp3) is 0.121. The Morgan fingerprint density at radius 2 is 1.42 bits per heavy atom. The third-order valence-electron chi connectivity index (χ3n) is 8.25. The molecule has 5 heteroatoms. The molecule has 0 radical (unpaired) electrons. The van der Waals surface area contributed by atoms with Gasteiger partial charge in [0.2, 0.25) is 0 Å². The van der Waals surface area contributed by atoms with Crippen molar-refractivity contribution >= 4 is 40.7 Å². The molecule has 0 bridgehead atoms. The molecular formula is C33H22ClNO3. The van der Waals surface area contributed by atoms with Crippen LogP contribution in [0.5, 0.6) is 0 Å². The number of nitrogens with zero attached hydrogens (tertiary/aromatic N) is 1. The van der Waals surface area contributed by atoms with E-state index < -0.39 is 23.4 Å². The van der Waals surface area contributed by atoms with Gasteiger partial charge in [-0.2, -0.15) is 0 Å². The lowest BCUT2D eigenvalue weighted by Crippen LogP contribution is -2.48. The van der Waals surface area contributed by atoms with E-state index in [1.165, 1.54) is 0 Å². The summed E-state index contributed by atoms with van der Waals surface area (Å²) in [5.41, 5.74) is 2.29. The molecule has 4 aromatic rings. The zero-order chi connectivity index (χ0) is 26.0. The Morgan fingerprint density at radius 1 is 0.763 bits per heavy atom. The molecule has 1 fully saturated rings. The predicted molar refractivity (Wildman–Crippen MR) is 148 cm³/mol. The molecule has 1 spiro atoms. The van der Waals surface area contributed by atoms with Gasteiger partial charge in [0.1, 0.15) is 11.5 Å². The van der Waals surface area contributed by atoms with E-state index in [2.05, 4.69) is 0 Å². The van der Waals surface area contributed by atoms with Crippen LogP contribution in [0.3, 0.4) is 0 Å². The fourth-order valence-corrected chi connectivity index (χ4v) is 6.96. The molecule has 4 aromatic carbocycles. The van der Waals surface area contributed by atoms with Crippen LogP contribution in [0.1, 0.15) is 48.1 Å². The Morgan fingerprint density at radius 3 is 2.13 bits per heavy atom. The molecule has 0 unspecified atom stereocenters. The Bertz CT molecular complexity index is 1640. The monoisotopic (exact) mass is 515 g/mol. The minimum Gasteiger partial charge on any atom is -0.352 e. The number of hydrogen-bond donors (Lipinski definition) is 0. The van der Waals surface area contributed by atoms with Crippen LogP contribution >= 0.6 is 11.6 Å². The standard InChI is InChI=1S/C33H22ClNO3/c34-23-13-8-12-22(19-23)28-29(30(36)21-10-2-1-3-11-21)35-26-16-7-4-9-20(26)17-18-27(35)33(28)31(37)24-14-5-6-15-25(24)32(33)38/h1-19,27-29H/t27-,28+,29-/m1/s1. The molecule has 38 heavy (non-hydrogen) atoms. The number of fused-ring (bicyclic) bond motifs is 5. The van der Waals surface area contributed by atoms with Crippen molar-refractivity contribution in [3.05, 3.63) is 142 Å². The highest BCUT2D eigenvalue weighted by Crippen LogP contribution is 2.61. The summed E-state index contributed by atoms with van der Waals surface area (Å²) in [4.78, 5) is 45.6. The van der Waals surface area contributed by atoms with Gasteiger partial charge >= 0.3 is 0 Å². The molecule has 7 rings (SSSR count). The van der Waals surface area contributed by atoms with E-state index in [0.29, 0.717) is 27.3 Å². The number of halogens is 1. The average molecular weight is 516 g/mol. The zero-order valence-corrected chi connectivity index (χ0v) is 21.0. The van der Waals surface area contributed by atoms with Crippen molar-refractivity contribution in [1.29, 1.82) is 0 Å². The van der Waals surface area contributed by atoms with Gasteiger partial charge in [-0.05, 0) is 29.3 Å². The van der Waals surface area contributed by atoms with E-state index in [1.807, 2.05) is 71.6 Å². The molecule has 2 aliphatic heterocycles. The largest absolute Gasteiger partial charge is 0.352 e. The lowest BCUT2D eigenvalue weighted by molar-refractivity contribution is 0.0666. The second-order valence-electron chi connectivity index (χ2n) is 10.1. The minimum atomic E-state index is -1.52. The number of Topliss-reactive ketones (excluding diaryl/α,β-unsaturated/α-hetero) is 3. The number of hydrogen-bond acceptors (Lipinski definition) is 4. The molecule has 1 aliphatic carbocycles. The summed E-state index contributed by atoms with van der Waals surface area (Å²) < 4.78 is 0. The number of carbonyl (C=O) groups excluding carboxylic acids is 3. The first-order valence-electron chi connectivity index (χ1n) is 12.6. The van der Waals surface area contributed by atoms with Gasteiger partial charge in [0, 0.05) is 33.3 Å². The Labute approximate surface area is 225 Å². The predicted octanol–water partition coefficient (Wildman–Crippen LogP) is 6.66. The first-order chi connectivity index (χ1) is 18.5. The highest BCUT2D eigenvalue weighted by molar-refractivity contribution is 6.32. The molecule has 4 nitrogen and oxygen atoms in total. The maximum atomic E-state index is 14.5. The Balaban J connectivity index is 1.56. The van der Waals surface area contributed by atoms with E-state index in [1.54, 1.807) is 48.5 Å². The van der Waals surface area contributed by atoms with E-state index in [-0.39, 0.29) is 17.3 Å². The van der Waals surface area contributed by atoms with Crippen LogP contribution in [0.2, 0.25) is 5.02 Å². The van der Waals surface area contributed by atoms with Gasteiger partial charge in [0.05, 0.1) is 6.04 Å². The fourth-order valence-electron chi connectivity index (χ4n) is 6.76. The quantitative estimate of drug-likeness (QED) is 0.226. The summed E-state index contributed by atoms with van der Waals surface area (Å²) in [6, 6.07) is 29.7. The normalized spacial score (nSPS) is 22.3. The summed E-state index contributed by atoms with van der Waals surface area (Å²) in [5.74, 6) is -1.39. The number of carbonyl (C=O) groups is 3. The third-order valence-corrected chi connectivity index (χ3v) is 8.48. The van der Waals surface area contributed by atoms with Crippen LogP contribution < -0.4 is 4.90 Å². The van der Waals surface area contributed by atoms with Crippen molar-refractivity contribution in [1.82, 2.24) is 0 Å².